The molecule has 0 amide bonds. The van der Waals surface area contributed by atoms with Crippen molar-refractivity contribution in [2.45, 2.75) is 62.8 Å². The molecule has 1 aromatic rings. The molecule has 2 saturated heterocycles. The summed E-state index contributed by atoms with van der Waals surface area (Å²) in [5, 5.41) is 0. The number of hydrogen-bond donors (Lipinski definition) is 0. The fourth-order valence-electron chi connectivity index (χ4n) is 7.31. The number of carbonyl (C=O) groups is 1. The van der Waals surface area contributed by atoms with Crippen molar-refractivity contribution in [2.75, 3.05) is 13.1 Å². The Kier molecular flexibility index (Phi) is 2.24. The summed E-state index contributed by atoms with van der Waals surface area (Å²) in [5.41, 5.74) is 6.17. The van der Waals surface area contributed by atoms with Crippen LogP contribution in [-0.2, 0) is 5.41 Å². The fraction of sp³-hybridized carbons (Fsp3) is 0.667. The van der Waals surface area contributed by atoms with E-state index in [-0.39, 0.29) is 0 Å². The Morgan fingerprint density at radius 3 is 2.96 bits per heavy atom. The third-order valence-electron chi connectivity index (χ3n) is 8.34. The number of fused-ring (bicyclic) bond motifs is 2. The molecule has 6 rings (SSSR count). The van der Waals surface area contributed by atoms with E-state index in [2.05, 4.69) is 30.9 Å². The first-order valence-corrected chi connectivity index (χ1v) is 9.53. The number of hydrogen-bond acceptors (Lipinski definition) is 2. The maximum absolute atomic E-state index is 12.5. The second-order valence-corrected chi connectivity index (χ2v) is 9.16. The topological polar surface area (TPSA) is 20.3 Å². The van der Waals surface area contributed by atoms with Crippen LogP contribution in [-0.4, -0.2) is 29.8 Å². The number of Topliss-reactive ketones (excluding diaryl/α,β-unsaturated/α-hetero) is 1. The van der Waals surface area contributed by atoms with Crippen LogP contribution in [0.25, 0.3) is 0 Å². The molecule has 5 aliphatic rings. The van der Waals surface area contributed by atoms with Crippen LogP contribution in [0.2, 0.25) is 0 Å². The number of rotatable bonds is 0. The van der Waals surface area contributed by atoms with Gasteiger partial charge in [0, 0.05) is 36.5 Å². The molecule has 2 heteroatoms. The first-order chi connectivity index (χ1) is 11.1. The highest BCUT2D eigenvalue weighted by Crippen LogP contribution is 2.63. The maximum Gasteiger partial charge on any atom is 0.163 e. The molecule has 0 aromatic heterocycles. The summed E-state index contributed by atoms with van der Waals surface area (Å²) in [5.74, 6) is 3.20. The monoisotopic (exact) mass is 307 g/mol. The zero-order chi connectivity index (χ0) is 15.5. The van der Waals surface area contributed by atoms with Gasteiger partial charge in [0.2, 0.25) is 0 Å². The van der Waals surface area contributed by atoms with Crippen LogP contribution in [0.3, 0.4) is 0 Å². The van der Waals surface area contributed by atoms with Crippen LogP contribution in [0.5, 0.6) is 0 Å². The summed E-state index contributed by atoms with van der Waals surface area (Å²) >= 11 is 0. The van der Waals surface area contributed by atoms with Crippen LogP contribution < -0.4 is 0 Å². The number of ketones is 1. The Bertz CT molecular complexity index is 752. The van der Waals surface area contributed by atoms with Gasteiger partial charge in [-0.3, -0.25) is 9.69 Å². The van der Waals surface area contributed by atoms with Crippen molar-refractivity contribution in [3.63, 3.8) is 0 Å². The quantitative estimate of drug-likeness (QED) is 0.726. The predicted octanol–water partition coefficient (Wildman–Crippen LogP) is 3.85. The number of benzene rings is 1. The molecule has 2 aliphatic heterocycles. The first-order valence-electron chi connectivity index (χ1n) is 9.53. The second kappa shape index (κ2) is 3.91. The highest BCUT2D eigenvalue weighted by molar-refractivity contribution is 6.02. The van der Waals surface area contributed by atoms with Gasteiger partial charge in [-0.25, -0.2) is 0 Å². The smallest absolute Gasteiger partial charge is 0.163 e. The van der Waals surface area contributed by atoms with E-state index in [1.54, 1.807) is 11.1 Å². The summed E-state index contributed by atoms with van der Waals surface area (Å²) in [6.45, 7) is 7.57. The minimum atomic E-state index is 0.302. The lowest BCUT2D eigenvalue weighted by Crippen LogP contribution is -2.53. The molecule has 2 nitrogen and oxygen atoms in total. The van der Waals surface area contributed by atoms with E-state index in [9.17, 15) is 4.79 Å². The van der Waals surface area contributed by atoms with Crippen LogP contribution in [0, 0.1) is 11.8 Å². The molecule has 0 saturated carbocycles. The molecule has 2 heterocycles. The molecule has 2 fully saturated rings. The zero-order valence-corrected chi connectivity index (χ0v) is 14.1. The van der Waals surface area contributed by atoms with Gasteiger partial charge >= 0.3 is 0 Å². The van der Waals surface area contributed by atoms with Crippen molar-refractivity contribution in [1.29, 1.82) is 0 Å². The average Bonchev–Trinajstić information content (AvgIpc) is 2.96. The van der Waals surface area contributed by atoms with Crippen molar-refractivity contribution >= 4 is 5.78 Å². The van der Waals surface area contributed by atoms with Gasteiger partial charge in [0.05, 0.1) is 0 Å². The minimum Gasteiger partial charge on any atom is -0.299 e. The summed E-state index contributed by atoms with van der Waals surface area (Å²) < 4.78 is 0. The van der Waals surface area contributed by atoms with Gasteiger partial charge < -0.3 is 0 Å². The van der Waals surface area contributed by atoms with E-state index >= 15 is 0 Å². The summed E-state index contributed by atoms with van der Waals surface area (Å²) in [6, 6.07) is 5.27. The van der Waals surface area contributed by atoms with Gasteiger partial charge in [0.1, 0.15) is 0 Å². The molecule has 0 spiro atoms. The van der Waals surface area contributed by atoms with Gasteiger partial charge in [0.25, 0.3) is 0 Å². The highest BCUT2D eigenvalue weighted by atomic mass is 16.1. The molecule has 23 heavy (non-hydrogen) atoms. The SMILES string of the molecule is C[C@@H]1CN2C[C@H]3CC[C@H]4CC(=O)c5ccc6c(c54)[C@@]3(C)C2CC61. The molecule has 3 aliphatic carbocycles. The first kappa shape index (κ1) is 13.2. The molecule has 2 bridgehead atoms. The third kappa shape index (κ3) is 1.32. The van der Waals surface area contributed by atoms with E-state index in [4.69, 9.17) is 0 Å². The third-order valence-corrected chi connectivity index (χ3v) is 8.34. The van der Waals surface area contributed by atoms with Crippen molar-refractivity contribution < 1.29 is 4.79 Å². The number of nitrogens with zero attached hydrogens (tertiary/aromatic N) is 1. The molecule has 2 unspecified atom stereocenters. The van der Waals surface area contributed by atoms with Crippen LogP contribution in [0.1, 0.15) is 78.4 Å². The second-order valence-electron chi connectivity index (χ2n) is 9.16. The Morgan fingerprint density at radius 2 is 2.09 bits per heavy atom. The summed E-state index contributed by atoms with van der Waals surface area (Å²) in [6.07, 6.45) is 4.67. The molecule has 0 radical (unpaired) electrons. The van der Waals surface area contributed by atoms with Gasteiger partial charge in [-0.1, -0.05) is 26.0 Å². The van der Waals surface area contributed by atoms with Crippen LogP contribution in [0.15, 0.2) is 12.1 Å². The van der Waals surface area contributed by atoms with Crippen LogP contribution in [0.4, 0.5) is 0 Å². The molecule has 0 N–H and O–H groups in total. The molecule has 120 valence electrons. The average molecular weight is 307 g/mol. The Labute approximate surface area is 138 Å². The van der Waals surface area contributed by atoms with Crippen molar-refractivity contribution in [1.82, 2.24) is 4.90 Å². The van der Waals surface area contributed by atoms with Crippen molar-refractivity contribution in [3.8, 4) is 0 Å². The van der Waals surface area contributed by atoms with E-state index in [1.807, 2.05) is 0 Å². The lowest BCUT2D eigenvalue weighted by atomic mass is 9.57. The zero-order valence-electron chi connectivity index (χ0n) is 14.1. The Hall–Kier alpha value is -1.15. The largest absolute Gasteiger partial charge is 0.299 e. The summed E-state index contributed by atoms with van der Waals surface area (Å²) in [7, 11) is 0. The van der Waals surface area contributed by atoms with E-state index < -0.39 is 0 Å². The summed E-state index contributed by atoms with van der Waals surface area (Å²) in [4.78, 5) is 15.4. The van der Waals surface area contributed by atoms with Gasteiger partial charge in [-0.05, 0) is 59.6 Å². The molecule has 6 atom stereocenters. The van der Waals surface area contributed by atoms with Gasteiger partial charge in [0.15, 0.2) is 5.78 Å². The molecular formula is C21H25NO. The van der Waals surface area contributed by atoms with Gasteiger partial charge in [-0.2, -0.15) is 0 Å². The lowest BCUT2D eigenvalue weighted by molar-refractivity contribution is 0.0928. The van der Waals surface area contributed by atoms with E-state index in [0.29, 0.717) is 17.1 Å². The Balaban J connectivity index is 1.73. The predicted molar refractivity (Wildman–Crippen MR) is 90.1 cm³/mol. The highest BCUT2D eigenvalue weighted by Gasteiger charge is 2.61. The van der Waals surface area contributed by atoms with Crippen molar-refractivity contribution in [3.05, 3.63) is 34.4 Å². The van der Waals surface area contributed by atoms with Gasteiger partial charge in [-0.15, -0.1) is 0 Å². The van der Waals surface area contributed by atoms with Crippen LogP contribution >= 0.6 is 0 Å². The van der Waals surface area contributed by atoms with Crippen molar-refractivity contribution in [2.24, 2.45) is 11.8 Å². The maximum atomic E-state index is 12.5. The number of carbonyl (C=O) groups excluding carboxylic acids is 1. The molecule has 1 aromatic carbocycles. The Morgan fingerprint density at radius 1 is 1.22 bits per heavy atom. The molecular weight excluding hydrogens is 282 g/mol. The van der Waals surface area contributed by atoms with E-state index in [0.717, 1.165) is 35.8 Å². The van der Waals surface area contributed by atoms with E-state index in [1.165, 1.54) is 37.9 Å². The lowest BCUT2D eigenvalue weighted by Gasteiger charge is -2.52. The number of piperidine rings is 1. The standard InChI is InChI=1S/C21H25NO/c1-11-9-22-10-13-4-3-12-7-17(23)15-6-5-14-16(11)8-18(22)21(13,2)20(14)19(12)15/h5-6,11-13,16,18H,3-4,7-10H2,1-2H3/t11-,12+,13-,16?,18?,21-/m1/s1. The minimum absolute atomic E-state index is 0.302. The normalized spacial score (nSPS) is 46.2. The fourth-order valence-corrected chi connectivity index (χ4v) is 7.31.